The third kappa shape index (κ3) is 4.51. The molecule has 8 nitrogen and oxygen atoms in total. The first-order valence-corrected chi connectivity index (χ1v) is 14.3. The van der Waals surface area contributed by atoms with Crippen molar-refractivity contribution >= 4 is 46.0 Å². The number of hydrogen-bond donors (Lipinski definition) is 2. The van der Waals surface area contributed by atoms with Crippen LogP contribution in [-0.4, -0.2) is 40.9 Å². The van der Waals surface area contributed by atoms with E-state index in [-0.39, 0.29) is 23.7 Å². The molecule has 3 heterocycles. The molecule has 4 amide bonds. The van der Waals surface area contributed by atoms with Gasteiger partial charge in [0.2, 0.25) is 0 Å². The topological polar surface area (TPSA) is 94.7 Å². The molecule has 1 aromatic heterocycles. The molecule has 1 saturated heterocycles. The summed E-state index contributed by atoms with van der Waals surface area (Å²) in [6.07, 6.45) is 0.353. The molecule has 0 saturated carbocycles. The van der Waals surface area contributed by atoms with Gasteiger partial charge in [0, 0.05) is 34.6 Å². The summed E-state index contributed by atoms with van der Waals surface area (Å²) in [5.74, 6) is -0.113. The Labute approximate surface area is 252 Å². The molecule has 1 fully saturated rings. The Hall–Kier alpha value is -5.08. The number of methoxy groups -OCH3 is 1. The van der Waals surface area contributed by atoms with Crippen LogP contribution in [0.4, 0.5) is 10.5 Å². The van der Waals surface area contributed by atoms with Gasteiger partial charge in [0.1, 0.15) is 17.8 Å². The van der Waals surface area contributed by atoms with Crippen LogP contribution in [0.2, 0.25) is 5.02 Å². The Bertz CT molecular complexity index is 1900. The van der Waals surface area contributed by atoms with Crippen molar-refractivity contribution in [1.29, 1.82) is 0 Å². The summed E-state index contributed by atoms with van der Waals surface area (Å²) >= 11 is 5.99. The second-order valence-corrected chi connectivity index (χ2v) is 11.1. The number of benzene rings is 4. The van der Waals surface area contributed by atoms with E-state index < -0.39 is 24.0 Å². The number of fused-ring (bicyclic) bond motifs is 4. The van der Waals surface area contributed by atoms with Gasteiger partial charge in [-0.15, -0.1) is 0 Å². The zero-order valence-electron chi connectivity index (χ0n) is 23.2. The van der Waals surface area contributed by atoms with Gasteiger partial charge in [-0.25, -0.2) is 9.69 Å². The molecule has 0 spiro atoms. The number of carbonyl (C=O) groups is 3. The fourth-order valence-electron chi connectivity index (χ4n) is 6.19. The summed E-state index contributed by atoms with van der Waals surface area (Å²) < 4.78 is 5.50. The maximum absolute atomic E-state index is 14.3. The van der Waals surface area contributed by atoms with Crippen LogP contribution in [0.1, 0.15) is 38.8 Å². The summed E-state index contributed by atoms with van der Waals surface area (Å²) in [5.41, 5.74) is 4.98. The number of anilines is 1. The molecular formula is C34H27ClN4O4. The van der Waals surface area contributed by atoms with E-state index in [9.17, 15) is 14.4 Å². The molecule has 2 aliphatic rings. The number of imide groups is 1. The summed E-state index contributed by atoms with van der Waals surface area (Å²) in [6, 6.07) is 27.6. The van der Waals surface area contributed by atoms with Gasteiger partial charge < -0.3 is 15.0 Å². The van der Waals surface area contributed by atoms with E-state index in [1.54, 1.807) is 48.4 Å². The highest BCUT2D eigenvalue weighted by Gasteiger charge is 2.53. The van der Waals surface area contributed by atoms with Gasteiger partial charge in [-0.3, -0.25) is 14.5 Å². The van der Waals surface area contributed by atoms with Gasteiger partial charge in [-0.2, -0.15) is 0 Å². The van der Waals surface area contributed by atoms with Crippen molar-refractivity contribution in [2.24, 2.45) is 0 Å². The summed E-state index contributed by atoms with van der Waals surface area (Å²) in [7, 11) is 1.60. The highest BCUT2D eigenvalue weighted by atomic mass is 35.5. The van der Waals surface area contributed by atoms with Crippen LogP contribution in [0, 0.1) is 0 Å². The number of aromatic nitrogens is 1. The predicted octanol–water partition coefficient (Wildman–Crippen LogP) is 6.24. The Kier molecular flexibility index (Phi) is 6.63. The Morgan fingerprint density at radius 3 is 2.56 bits per heavy atom. The minimum absolute atomic E-state index is 0.236. The number of urea groups is 1. The van der Waals surface area contributed by atoms with Crippen molar-refractivity contribution in [3.8, 4) is 5.75 Å². The van der Waals surface area contributed by atoms with Crippen LogP contribution in [0.25, 0.3) is 10.9 Å². The third-order valence-corrected chi connectivity index (χ3v) is 8.47. The lowest BCUT2D eigenvalue weighted by atomic mass is 9.89. The lowest BCUT2D eigenvalue weighted by Gasteiger charge is -2.36. The molecule has 7 rings (SSSR count). The molecule has 0 unspecified atom stereocenters. The molecule has 2 N–H and O–H groups in total. The van der Waals surface area contributed by atoms with Crippen molar-refractivity contribution in [3.05, 3.63) is 130 Å². The van der Waals surface area contributed by atoms with Crippen LogP contribution in [0.15, 0.2) is 97.1 Å². The van der Waals surface area contributed by atoms with E-state index >= 15 is 0 Å². The number of aromatic amines is 1. The molecule has 4 aromatic carbocycles. The largest absolute Gasteiger partial charge is 0.497 e. The van der Waals surface area contributed by atoms with Crippen LogP contribution in [0.5, 0.6) is 5.75 Å². The lowest BCUT2D eigenvalue weighted by molar-refractivity contribution is -0.120. The minimum atomic E-state index is -0.749. The predicted molar refractivity (Wildman–Crippen MR) is 164 cm³/mol. The normalized spacial score (nSPS) is 17.6. The molecule has 2 atom stereocenters. The Balaban J connectivity index is 1.28. The van der Waals surface area contributed by atoms with E-state index in [1.807, 2.05) is 60.7 Å². The number of para-hydroxylation sites is 2. The molecular weight excluding hydrogens is 564 g/mol. The second kappa shape index (κ2) is 10.6. The molecule has 0 bridgehead atoms. The minimum Gasteiger partial charge on any atom is -0.497 e. The number of hydrogen-bond acceptors (Lipinski definition) is 4. The van der Waals surface area contributed by atoms with E-state index in [0.717, 1.165) is 38.2 Å². The van der Waals surface area contributed by atoms with Crippen molar-refractivity contribution in [3.63, 3.8) is 0 Å². The number of amides is 4. The van der Waals surface area contributed by atoms with Crippen LogP contribution in [0.3, 0.4) is 0 Å². The highest BCUT2D eigenvalue weighted by Crippen LogP contribution is 2.45. The average molecular weight is 591 g/mol. The van der Waals surface area contributed by atoms with Crippen molar-refractivity contribution in [2.45, 2.75) is 25.0 Å². The number of rotatable bonds is 6. The maximum atomic E-state index is 14.3. The standard InChI is InChI=1S/C34H27ClN4O4/c1-43-23-8-6-7-21(17-23)31-30-26(24-9-2-4-11-27(24)37-30)18-29-33(41)39(34(42)38(29)31)28-12-5-3-10-25(28)32(40)36-19-20-13-15-22(35)16-14-20/h2-17,29,31,37H,18-19H2,1H3,(H,36,40)/t29-,31+/m0/s1. The second-order valence-electron chi connectivity index (χ2n) is 10.7. The lowest BCUT2D eigenvalue weighted by Crippen LogP contribution is -2.44. The van der Waals surface area contributed by atoms with E-state index in [4.69, 9.17) is 16.3 Å². The number of nitrogens with zero attached hydrogens (tertiary/aromatic N) is 2. The number of carbonyl (C=O) groups excluding carboxylic acids is 3. The van der Waals surface area contributed by atoms with Crippen LogP contribution >= 0.6 is 11.6 Å². The van der Waals surface area contributed by atoms with Crippen LogP contribution < -0.4 is 15.0 Å². The smallest absolute Gasteiger partial charge is 0.332 e. The van der Waals surface area contributed by atoms with Crippen molar-refractivity contribution < 1.29 is 19.1 Å². The molecule has 43 heavy (non-hydrogen) atoms. The number of H-pyrrole nitrogens is 1. The van der Waals surface area contributed by atoms with Crippen LogP contribution in [-0.2, 0) is 17.8 Å². The SMILES string of the molecule is COc1cccc([C@@H]2c3[nH]c4ccccc4c3C[C@H]3C(=O)N(c4ccccc4C(=O)NCc4ccc(Cl)cc4)C(=O)N23)c1. The van der Waals surface area contributed by atoms with Gasteiger partial charge in [0.25, 0.3) is 11.8 Å². The highest BCUT2D eigenvalue weighted by molar-refractivity contribution is 6.30. The zero-order chi connectivity index (χ0) is 29.7. The van der Waals surface area contributed by atoms with Gasteiger partial charge in [-0.1, -0.05) is 66.2 Å². The van der Waals surface area contributed by atoms with Gasteiger partial charge >= 0.3 is 6.03 Å². The first-order valence-electron chi connectivity index (χ1n) is 14.0. The zero-order valence-corrected chi connectivity index (χ0v) is 24.0. The monoisotopic (exact) mass is 590 g/mol. The van der Waals surface area contributed by atoms with Gasteiger partial charge in [0.05, 0.1) is 18.4 Å². The van der Waals surface area contributed by atoms with E-state index in [0.29, 0.717) is 17.2 Å². The quantitative estimate of drug-likeness (QED) is 0.229. The van der Waals surface area contributed by atoms with E-state index in [2.05, 4.69) is 10.3 Å². The molecule has 2 aliphatic heterocycles. The molecule has 214 valence electrons. The first kappa shape index (κ1) is 26.8. The first-order chi connectivity index (χ1) is 20.9. The number of ether oxygens (including phenoxy) is 1. The summed E-state index contributed by atoms with van der Waals surface area (Å²) in [5, 5.41) is 4.53. The molecule has 0 radical (unpaired) electrons. The number of nitrogens with one attached hydrogen (secondary N) is 2. The fourth-order valence-corrected chi connectivity index (χ4v) is 6.32. The Morgan fingerprint density at radius 2 is 1.74 bits per heavy atom. The number of halogens is 1. The third-order valence-electron chi connectivity index (χ3n) is 8.21. The molecule has 0 aliphatic carbocycles. The Morgan fingerprint density at radius 1 is 0.977 bits per heavy atom. The van der Waals surface area contributed by atoms with Gasteiger partial charge in [0.15, 0.2) is 0 Å². The fraction of sp³-hybridized carbons (Fsp3) is 0.147. The summed E-state index contributed by atoms with van der Waals surface area (Å²) in [4.78, 5) is 48.3. The van der Waals surface area contributed by atoms with Crippen molar-refractivity contribution in [1.82, 2.24) is 15.2 Å². The average Bonchev–Trinajstić information content (AvgIpc) is 3.53. The molecule has 5 aromatic rings. The summed E-state index contributed by atoms with van der Waals surface area (Å²) in [6.45, 7) is 0.264. The van der Waals surface area contributed by atoms with E-state index in [1.165, 1.54) is 0 Å². The van der Waals surface area contributed by atoms with Crippen molar-refractivity contribution in [2.75, 3.05) is 12.0 Å². The molecule has 9 heteroatoms. The maximum Gasteiger partial charge on any atom is 0.332 e. The van der Waals surface area contributed by atoms with Gasteiger partial charge in [-0.05, 0) is 59.2 Å².